The van der Waals surface area contributed by atoms with Crippen molar-refractivity contribution >= 4 is 43.7 Å². The van der Waals surface area contributed by atoms with Crippen molar-refractivity contribution in [2.45, 2.75) is 25.7 Å². The summed E-state index contributed by atoms with van der Waals surface area (Å²) in [5.41, 5.74) is 8.86. The van der Waals surface area contributed by atoms with Crippen molar-refractivity contribution in [3.8, 4) is 11.5 Å². The lowest BCUT2D eigenvalue weighted by molar-refractivity contribution is -0.119. The first-order chi connectivity index (χ1) is 18.4. The lowest BCUT2D eigenvalue weighted by atomic mass is 10.0. The second kappa shape index (κ2) is 13.3. The second-order valence-corrected chi connectivity index (χ2v) is 10.5. The van der Waals surface area contributed by atoms with Gasteiger partial charge in [0.05, 0.1) is 0 Å². The van der Waals surface area contributed by atoms with Crippen molar-refractivity contribution in [1.29, 1.82) is 0 Å². The maximum atomic E-state index is 12.8. The third-order valence-corrected chi connectivity index (χ3v) is 6.61. The number of hydrogen-bond donors (Lipinski definition) is 2. The van der Waals surface area contributed by atoms with Crippen LogP contribution >= 0.6 is 31.9 Å². The van der Waals surface area contributed by atoms with Gasteiger partial charge in [-0.3, -0.25) is 9.59 Å². The second-order valence-electron chi connectivity index (χ2n) is 8.62. The zero-order chi connectivity index (χ0) is 26.9. The van der Waals surface area contributed by atoms with E-state index in [4.69, 9.17) is 15.2 Å². The van der Waals surface area contributed by atoms with Gasteiger partial charge in [-0.25, -0.2) is 0 Å². The molecule has 0 radical (unpaired) electrons. The zero-order valence-corrected chi connectivity index (χ0v) is 23.6. The molecule has 0 aromatic heterocycles. The molecule has 0 unspecified atom stereocenters. The van der Waals surface area contributed by atoms with Gasteiger partial charge in [0.25, 0.3) is 5.91 Å². The Hall–Kier alpha value is -3.62. The molecule has 4 rings (SSSR count). The van der Waals surface area contributed by atoms with Gasteiger partial charge in [-0.1, -0.05) is 98.6 Å². The third kappa shape index (κ3) is 7.94. The van der Waals surface area contributed by atoms with Crippen LogP contribution in [0.15, 0.2) is 106 Å². The average Bonchev–Trinajstić information content (AvgIpc) is 2.91. The molecule has 0 fully saturated rings. The average molecular weight is 638 g/mol. The molecule has 38 heavy (non-hydrogen) atoms. The Morgan fingerprint density at radius 2 is 1.26 bits per heavy atom. The minimum atomic E-state index is -0.918. The van der Waals surface area contributed by atoms with Crippen LogP contribution in [-0.2, 0) is 24.4 Å². The van der Waals surface area contributed by atoms with Crippen molar-refractivity contribution in [3.63, 3.8) is 0 Å². The SMILES string of the molecule is NC(=O)[C@@H](Cc1ccc(OCc2ccccc2)c(OCc2ccccc2)c1)NC(=O)c1cc(Br)cc(Br)c1. The van der Waals surface area contributed by atoms with Crippen molar-refractivity contribution in [3.05, 3.63) is 128 Å². The Morgan fingerprint density at radius 3 is 1.82 bits per heavy atom. The predicted molar refractivity (Wildman–Crippen MR) is 154 cm³/mol. The molecular weight excluding hydrogens is 612 g/mol. The number of nitrogens with two attached hydrogens (primary N) is 1. The predicted octanol–water partition coefficient (Wildman–Crippen LogP) is 6.20. The molecule has 8 heteroatoms. The van der Waals surface area contributed by atoms with Crippen LogP contribution in [0.25, 0.3) is 0 Å². The number of halogens is 2. The summed E-state index contributed by atoms with van der Waals surface area (Å²) in [5.74, 6) is 0.0719. The normalized spacial score (nSPS) is 11.4. The maximum absolute atomic E-state index is 12.8. The molecule has 0 aliphatic carbocycles. The van der Waals surface area contributed by atoms with Gasteiger partial charge in [0.15, 0.2) is 11.5 Å². The van der Waals surface area contributed by atoms with Gasteiger partial charge in [0.2, 0.25) is 5.91 Å². The van der Waals surface area contributed by atoms with Gasteiger partial charge >= 0.3 is 0 Å². The largest absolute Gasteiger partial charge is 0.485 e. The molecule has 6 nitrogen and oxygen atoms in total. The molecule has 0 heterocycles. The van der Waals surface area contributed by atoms with Crippen LogP contribution in [0, 0.1) is 0 Å². The van der Waals surface area contributed by atoms with Crippen molar-refractivity contribution < 1.29 is 19.1 Å². The van der Waals surface area contributed by atoms with E-state index in [1.165, 1.54) is 0 Å². The summed E-state index contributed by atoms with van der Waals surface area (Å²) in [4.78, 5) is 25.1. The number of carbonyl (C=O) groups excluding carboxylic acids is 2. The Morgan fingerprint density at radius 1 is 0.711 bits per heavy atom. The monoisotopic (exact) mass is 636 g/mol. The van der Waals surface area contributed by atoms with E-state index in [1.807, 2.05) is 84.9 Å². The Labute approximate surface area is 238 Å². The molecule has 194 valence electrons. The quantitative estimate of drug-likeness (QED) is 0.205. The minimum Gasteiger partial charge on any atom is -0.485 e. The van der Waals surface area contributed by atoms with Crippen LogP contribution in [0.4, 0.5) is 0 Å². The van der Waals surface area contributed by atoms with E-state index in [0.717, 1.165) is 25.6 Å². The molecule has 4 aromatic rings. The maximum Gasteiger partial charge on any atom is 0.252 e. The van der Waals surface area contributed by atoms with Gasteiger partial charge in [0.1, 0.15) is 19.3 Å². The highest BCUT2D eigenvalue weighted by molar-refractivity contribution is 9.11. The fourth-order valence-corrected chi connectivity index (χ4v) is 5.06. The van der Waals surface area contributed by atoms with E-state index in [9.17, 15) is 9.59 Å². The summed E-state index contributed by atoms with van der Waals surface area (Å²) in [5, 5.41) is 2.75. The van der Waals surface area contributed by atoms with Crippen molar-refractivity contribution in [1.82, 2.24) is 5.32 Å². The molecule has 0 saturated heterocycles. The van der Waals surface area contributed by atoms with Crippen LogP contribution in [0.3, 0.4) is 0 Å². The number of benzene rings is 4. The van der Waals surface area contributed by atoms with Crippen LogP contribution in [0.1, 0.15) is 27.0 Å². The first kappa shape index (κ1) is 27.4. The van der Waals surface area contributed by atoms with E-state index in [0.29, 0.717) is 30.3 Å². The fourth-order valence-electron chi connectivity index (χ4n) is 3.77. The van der Waals surface area contributed by atoms with Gasteiger partial charge in [-0.2, -0.15) is 0 Å². The summed E-state index contributed by atoms with van der Waals surface area (Å²) < 4.78 is 13.7. The summed E-state index contributed by atoms with van der Waals surface area (Å²) in [6, 6.07) is 29.4. The van der Waals surface area contributed by atoms with E-state index in [-0.39, 0.29) is 6.42 Å². The number of amides is 2. The zero-order valence-electron chi connectivity index (χ0n) is 20.4. The van der Waals surface area contributed by atoms with Gasteiger partial charge in [-0.15, -0.1) is 0 Å². The minimum absolute atomic E-state index is 0.191. The van der Waals surface area contributed by atoms with Gasteiger partial charge in [0, 0.05) is 20.9 Å². The van der Waals surface area contributed by atoms with Gasteiger partial charge < -0.3 is 20.5 Å². The number of nitrogens with one attached hydrogen (secondary N) is 1. The lowest BCUT2D eigenvalue weighted by Crippen LogP contribution is -2.45. The van der Waals surface area contributed by atoms with E-state index >= 15 is 0 Å². The van der Waals surface area contributed by atoms with E-state index in [1.54, 1.807) is 12.1 Å². The van der Waals surface area contributed by atoms with Crippen LogP contribution in [0.2, 0.25) is 0 Å². The molecule has 0 spiro atoms. The molecule has 0 bridgehead atoms. The summed E-state index contributed by atoms with van der Waals surface area (Å²) in [6.45, 7) is 0.726. The Kier molecular flexibility index (Phi) is 9.56. The van der Waals surface area contributed by atoms with Crippen LogP contribution < -0.4 is 20.5 Å². The Balaban J connectivity index is 1.52. The molecule has 3 N–H and O–H groups in total. The first-order valence-electron chi connectivity index (χ1n) is 11.9. The highest BCUT2D eigenvalue weighted by Gasteiger charge is 2.21. The number of ether oxygens (including phenoxy) is 2. The Bertz CT molecular complexity index is 1380. The molecule has 1 atom stereocenters. The molecule has 0 aliphatic heterocycles. The number of hydrogen-bond acceptors (Lipinski definition) is 4. The first-order valence-corrected chi connectivity index (χ1v) is 13.5. The number of primary amides is 1. The molecule has 0 saturated carbocycles. The lowest BCUT2D eigenvalue weighted by Gasteiger charge is -2.18. The van der Waals surface area contributed by atoms with Gasteiger partial charge in [-0.05, 0) is 47.0 Å². The fraction of sp³-hybridized carbons (Fsp3) is 0.133. The van der Waals surface area contributed by atoms with Crippen molar-refractivity contribution in [2.75, 3.05) is 0 Å². The molecule has 2 amide bonds. The summed E-state index contributed by atoms with van der Waals surface area (Å²) in [7, 11) is 0. The van der Waals surface area contributed by atoms with E-state index in [2.05, 4.69) is 37.2 Å². The van der Waals surface area contributed by atoms with Crippen LogP contribution in [0.5, 0.6) is 11.5 Å². The summed E-state index contributed by atoms with van der Waals surface area (Å²) in [6.07, 6.45) is 0.191. The molecule has 0 aliphatic rings. The molecule has 4 aromatic carbocycles. The van der Waals surface area contributed by atoms with Crippen LogP contribution in [-0.4, -0.2) is 17.9 Å². The van der Waals surface area contributed by atoms with E-state index < -0.39 is 17.9 Å². The summed E-state index contributed by atoms with van der Waals surface area (Å²) >= 11 is 6.75. The number of carbonyl (C=O) groups is 2. The standard InChI is InChI=1S/C30H26Br2N2O4/c31-24-15-23(16-25(32)17-24)30(36)34-26(29(33)35)13-22-11-12-27(37-18-20-7-3-1-4-8-20)28(14-22)38-19-21-9-5-2-6-10-21/h1-12,14-17,26H,13,18-19H2,(H2,33,35)(H,34,36)/t26-/m1/s1. The van der Waals surface area contributed by atoms with Crippen molar-refractivity contribution in [2.24, 2.45) is 5.73 Å². The highest BCUT2D eigenvalue weighted by Crippen LogP contribution is 2.31. The number of rotatable bonds is 11. The smallest absolute Gasteiger partial charge is 0.252 e. The topological polar surface area (TPSA) is 90.7 Å². The highest BCUT2D eigenvalue weighted by atomic mass is 79.9. The molecular formula is C30H26Br2N2O4. The third-order valence-electron chi connectivity index (χ3n) is 5.70.